The molecular weight excluding hydrogens is 472 g/mol. The molecule has 9 heteroatoms. The Kier molecular flexibility index (Phi) is 5.97. The maximum Gasteiger partial charge on any atom is 0.326 e. The monoisotopic (exact) mass is 502 g/mol. The zero-order valence-electron chi connectivity index (χ0n) is 21.0. The van der Waals surface area contributed by atoms with Gasteiger partial charge in [-0.1, -0.05) is 23.8 Å². The van der Waals surface area contributed by atoms with E-state index in [2.05, 4.69) is 28.2 Å². The van der Waals surface area contributed by atoms with Crippen molar-refractivity contribution in [2.24, 2.45) is 0 Å². The Labute approximate surface area is 214 Å². The number of hydrogen-bond acceptors (Lipinski definition) is 5. The predicted molar refractivity (Wildman–Crippen MR) is 136 cm³/mol. The zero-order chi connectivity index (χ0) is 25.7. The normalized spacial score (nSPS) is 21.4. The van der Waals surface area contributed by atoms with Crippen molar-refractivity contribution in [3.63, 3.8) is 0 Å². The van der Waals surface area contributed by atoms with Gasteiger partial charge in [0.05, 0.1) is 12.5 Å². The molecule has 4 amide bonds. The fraction of sp³-hybridized carbons (Fsp3) is 0.393. The lowest BCUT2D eigenvalue weighted by molar-refractivity contribution is -0.186. The van der Waals surface area contributed by atoms with Gasteiger partial charge in [-0.3, -0.25) is 14.5 Å². The van der Waals surface area contributed by atoms with Crippen LogP contribution in [0.2, 0.25) is 0 Å². The summed E-state index contributed by atoms with van der Waals surface area (Å²) < 4.78 is 7.69. The molecule has 1 aromatic heterocycles. The fourth-order valence-corrected chi connectivity index (χ4v) is 5.66. The number of hydrogen-bond donors (Lipinski definition) is 1. The lowest BCUT2D eigenvalue weighted by Gasteiger charge is -2.41. The summed E-state index contributed by atoms with van der Waals surface area (Å²) in [6.45, 7) is 4.12. The highest BCUT2D eigenvalue weighted by Crippen LogP contribution is 2.41. The van der Waals surface area contributed by atoms with Crippen LogP contribution >= 0.6 is 0 Å². The van der Waals surface area contributed by atoms with E-state index in [1.54, 1.807) is 24.1 Å². The number of amides is 4. The molecule has 3 aromatic rings. The maximum absolute atomic E-state index is 13.1. The first-order chi connectivity index (χ1) is 17.9. The van der Waals surface area contributed by atoms with Crippen LogP contribution in [0.25, 0.3) is 10.9 Å². The molecule has 0 radical (unpaired) electrons. The number of benzene rings is 2. The average Bonchev–Trinajstić information content (AvgIpc) is 3.22. The molecule has 0 saturated carbocycles. The molecule has 1 unspecified atom stereocenters. The Balaban J connectivity index is 1.28. The lowest BCUT2D eigenvalue weighted by atomic mass is 9.89. The number of likely N-dealkylation sites (N-methyl/N-ethyl adjacent to an activating group) is 1. The van der Waals surface area contributed by atoms with Crippen LogP contribution < -0.4 is 5.48 Å². The smallest absolute Gasteiger partial charge is 0.326 e. The number of fused-ring (bicyclic) bond motifs is 6. The van der Waals surface area contributed by atoms with Crippen molar-refractivity contribution in [3.8, 4) is 0 Å². The number of ether oxygens (including phenoxy) is 1. The average molecular weight is 503 g/mol. The Morgan fingerprint density at radius 1 is 1.14 bits per heavy atom. The lowest BCUT2D eigenvalue weighted by Crippen LogP contribution is -2.56. The largest absolute Gasteiger partial charge is 0.350 e. The van der Waals surface area contributed by atoms with Crippen molar-refractivity contribution in [2.75, 3.05) is 20.2 Å². The summed E-state index contributed by atoms with van der Waals surface area (Å²) in [4.78, 5) is 46.7. The molecule has 3 aliphatic heterocycles. The third-order valence-electron chi connectivity index (χ3n) is 7.63. The second-order valence-electron chi connectivity index (χ2n) is 10.1. The van der Waals surface area contributed by atoms with E-state index in [-0.39, 0.29) is 23.8 Å². The number of aryl methyl sites for hydroxylation is 1. The number of rotatable bonds is 5. The molecule has 0 spiro atoms. The van der Waals surface area contributed by atoms with E-state index in [1.165, 1.54) is 4.90 Å². The van der Waals surface area contributed by atoms with Gasteiger partial charge in [0.2, 0.25) is 5.91 Å². The standard InChI is InChI=1S/C28H30N4O5/c1-17-6-11-22-20(13-17)25-21-15-31(28(35)30(2)27(21)34)16-23(25)32(22)14-18-7-9-19(10-8-18)26(33)29-37-24-5-3-4-12-36-24/h6-11,13,21,24H,3-5,12,14-16H2,1-2H3,(H,29,33)/t21?,24-/m0/s1. The molecule has 2 fully saturated rings. The quantitative estimate of drug-likeness (QED) is 0.538. The van der Waals surface area contributed by atoms with E-state index in [0.717, 1.165) is 52.5 Å². The Hall–Kier alpha value is -3.69. The van der Waals surface area contributed by atoms with Gasteiger partial charge >= 0.3 is 6.03 Å². The Morgan fingerprint density at radius 3 is 2.70 bits per heavy atom. The van der Waals surface area contributed by atoms with Crippen LogP contribution in [-0.2, 0) is 27.5 Å². The molecule has 1 N–H and O–H groups in total. The van der Waals surface area contributed by atoms with Crippen molar-refractivity contribution in [3.05, 3.63) is 70.4 Å². The third-order valence-corrected chi connectivity index (χ3v) is 7.63. The van der Waals surface area contributed by atoms with Crippen LogP contribution in [0.5, 0.6) is 0 Å². The van der Waals surface area contributed by atoms with Crippen LogP contribution in [0.15, 0.2) is 42.5 Å². The third kappa shape index (κ3) is 4.18. The summed E-state index contributed by atoms with van der Waals surface area (Å²) in [5, 5.41) is 1.06. The van der Waals surface area contributed by atoms with Crippen LogP contribution in [0.4, 0.5) is 4.79 Å². The summed E-state index contributed by atoms with van der Waals surface area (Å²) in [7, 11) is 1.56. The highest BCUT2D eigenvalue weighted by molar-refractivity contribution is 6.04. The van der Waals surface area contributed by atoms with Gasteiger partial charge in [-0.25, -0.2) is 15.1 Å². The van der Waals surface area contributed by atoms with Gasteiger partial charge in [-0.15, -0.1) is 0 Å². The first-order valence-electron chi connectivity index (χ1n) is 12.8. The number of nitrogens with zero attached hydrogens (tertiary/aromatic N) is 3. The van der Waals surface area contributed by atoms with Gasteiger partial charge in [0.25, 0.3) is 5.91 Å². The van der Waals surface area contributed by atoms with E-state index in [9.17, 15) is 14.4 Å². The molecule has 192 valence electrons. The second kappa shape index (κ2) is 9.32. The van der Waals surface area contributed by atoms with Crippen LogP contribution in [0.3, 0.4) is 0 Å². The molecular formula is C28H30N4O5. The van der Waals surface area contributed by atoms with Gasteiger partial charge in [0, 0.05) is 55.3 Å². The van der Waals surface area contributed by atoms with Crippen LogP contribution in [0, 0.1) is 6.92 Å². The van der Waals surface area contributed by atoms with Crippen molar-refractivity contribution in [1.82, 2.24) is 19.8 Å². The minimum atomic E-state index is -0.400. The highest BCUT2D eigenvalue weighted by atomic mass is 16.8. The fourth-order valence-electron chi connectivity index (χ4n) is 5.66. The zero-order valence-corrected chi connectivity index (χ0v) is 21.0. The van der Waals surface area contributed by atoms with E-state index >= 15 is 0 Å². The first kappa shape index (κ1) is 23.7. The first-order valence-corrected chi connectivity index (χ1v) is 12.8. The molecule has 6 rings (SSSR count). The Morgan fingerprint density at radius 2 is 1.95 bits per heavy atom. The van der Waals surface area contributed by atoms with Crippen molar-refractivity contribution in [1.29, 1.82) is 0 Å². The Bertz CT molecular complexity index is 1390. The highest BCUT2D eigenvalue weighted by Gasteiger charge is 2.44. The molecule has 37 heavy (non-hydrogen) atoms. The van der Waals surface area contributed by atoms with Gasteiger partial charge in [-0.2, -0.15) is 0 Å². The van der Waals surface area contributed by atoms with Crippen molar-refractivity contribution in [2.45, 2.75) is 51.5 Å². The van der Waals surface area contributed by atoms with Gasteiger partial charge in [-0.05, 0) is 55.2 Å². The minimum absolute atomic E-state index is 0.154. The number of aromatic nitrogens is 1. The molecule has 4 heterocycles. The summed E-state index contributed by atoms with van der Waals surface area (Å²) in [6, 6.07) is 13.4. The summed E-state index contributed by atoms with van der Waals surface area (Å²) >= 11 is 0. The summed E-state index contributed by atoms with van der Waals surface area (Å²) in [5.41, 5.74) is 8.18. The molecule has 0 aliphatic carbocycles. The van der Waals surface area contributed by atoms with E-state index < -0.39 is 6.29 Å². The van der Waals surface area contributed by atoms with Gasteiger partial charge < -0.3 is 14.2 Å². The second-order valence-corrected chi connectivity index (χ2v) is 10.1. The number of urea groups is 1. The van der Waals surface area contributed by atoms with Crippen LogP contribution in [0.1, 0.15) is 57.9 Å². The predicted octanol–water partition coefficient (Wildman–Crippen LogP) is 3.68. The number of nitrogens with one attached hydrogen (secondary N) is 1. The number of carbonyl (C=O) groups is 3. The van der Waals surface area contributed by atoms with Crippen molar-refractivity contribution >= 4 is 28.7 Å². The van der Waals surface area contributed by atoms with E-state index in [4.69, 9.17) is 9.57 Å². The van der Waals surface area contributed by atoms with E-state index in [0.29, 0.717) is 31.8 Å². The van der Waals surface area contributed by atoms with Crippen LogP contribution in [-0.4, -0.2) is 58.7 Å². The van der Waals surface area contributed by atoms with Crippen molar-refractivity contribution < 1.29 is 24.0 Å². The summed E-state index contributed by atoms with van der Waals surface area (Å²) in [6.07, 6.45) is 2.39. The molecule has 2 saturated heterocycles. The molecule has 2 bridgehead atoms. The molecule has 2 atom stereocenters. The summed E-state index contributed by atoms with van der Waals surface area (Å²) in [5.74, 6) is -0.836. The SMILES string of the molecule is Cc1ccc2c(c1)c1c(n2Cc2ccc(C(=O)NO[C@H]3CCCCO3)cc2)CN2CC1C(=O)N(C)C2=O. The van der Waals surface area contributed by atoms with E-state index in [1.807, 2.05) is 19.1 Å². The minimum Gasteiger partial charge on any atom is -0.350 e. The molecule has 9 nitrogen and oxygen atoms in total. The number of hydroxylamine groups is 1. The van der Waals surface area contributed by atoms with Gasteiger partial charge in [0.1, 0.15) is 0 Å². The van der Waals surface area contributed by atoms with Gasteiger partial charge in [0.15, 0.2) is 6.29 Å². The number of imide groups is 1. The topological polar surface area (TPSA) is 93.1 Å². The number of carbonyl (C=O) groups excluding carboxylic acids is 3. The molecule has 2 aromatic carbocycles. The maximum atomic E-state index is 13.1. The molecule has 3 aliphatic rings.